The molecule has 0 aliphatic carbocycles. The number of fused-ring (bicyclic) bond motifs is 1. The molecule has 0 aliphatic heterocycles. The molecule has 0 radical (unpaired) electrons. The summed E-state index contributed by atoms with van der Waals surface area (Å²) in [5.41, 5.74) is 0.911. The van der Waals surface area contributed by atoms with Crippen molar-refractivity contribution in [3.8, 4) is 0 Å². The fraction of sp³-hybridized carbons (Fsp3) is 0.438. The standard InChI is InChI=1S/C16H20OS/c1-2-3-4-5-6-9-13-12-16(18)14-10-7-8-11-15(14)17-13/h7-8,10-12H,2-6,9H2,1H3. The molecule has 2 rings (SSSR count). The summed E-state index contributed by atoms with van der Waals surface area (Å²) in [6, 6.07) is 10.0. The fourth-order valence-electron chi connectivity index (χ4n) is 2.18. The molecule has 1 nitrogen and oxygen atoms in total. The molecular formula is C16H20OS. The predicted molar refractivity (Wildman–Crippen MR) is 79.5 cm³/mol. The van der Waals surface area contributed by atoms with Gasteiger partial charge in [0, 0.05) is 11.8 Å². The summed E-state index contributed by atoms with van der Waals surface area (Å²) in [5, 5.41) is 1.04. The second-order valence-corrected chi connectivity index (χ2v) is 5.18. The summed E-state index contributed by atoms with van der Waals surface area (Å²) in [5.74, 6) is 1.02. The maximum absolute atomic E-state index is 5.88. The third-order valence-corrected chi connectivity index (χ3v) is 3.55. The van der Waals surface area contributed by atoms with E-state index in [1.165, 1.54) is 32.1 Å². The molecule has 2 heteroatoms. The molecule has 1 heterocycles. The van der Waals surface area contributed by atoms with Crippen molar-refractivity contribution in [2.45, 2.75) is 45.4 Å². The zero-order chi connectivity index (χ0) is 12.8. The summed E-state index contributed by atoms with van der Waals surface area (Å²) < 4.78 is 6.79. The number of rotatable bonds is 6. The first-order valence-corrected chi connectivity index (χ1v) is 7.24. The lowest BCUT2D eigenvalue weighted by Gasteiger charge is -2.03. The first-order chi connectivity index (χ1) is 8.81. The van der Waals surface area contributed by atoms with Crippen molar-refractivity contribution < 1.29 is 4.42 Å². The Morgan fingerprint density at radius 1 is 1.06 bits per heavy atom. The van der Waals surface area contributed by atoms with Gasteiger partial charge in [-0.1, -0.05) is 57.0 Å². The summed E-state index contributed by atoms with van der Waals surface area (Å²) >= 11 is 5.40. The normalized spacial score (nSPS) is 10.9. The highest BCUT2D eigenvalue weighted by Crippen LogP contribution is 2.19. The van der Waals surface area contributed by atoms with E-state index in [0.29, 0.717) is 0 Å². The van der Waals surface area contributed by atoms with E-state index < -0.39 is 0 Å². The predicted octanol–water partition coefficient (Wildman–Crippen LogP) is 5.68. The van der Waals surface area contributed by atoms with Crippen LogP contribution in [0.4, 0.5) is 0 Å². The molecule has 2 aromatic rings. The Morgan fingerprint density at radius 3 is 2.67 bits per heavy atom. The first-order valence-electron chi connectivity index (χ1n) is 6.83. The molecule has 0 N–H and O–H groups in total. The minimum atomic E-state index is 0.903. The van der Waals surface area contributed by atoms with E-state index in [1.807, 2.05) is 30.3 Å². The van der Waals surface area contributed by atoms with Gasteiger partial charge in [0.1, 0.15) is 11.3 Å². The second-order valence-electron chi connectivity index (χ2n) is 4.74. The van der Waals surface area contributed by atoms with Crippen molar-refractivity contribution in [2.24, 2.45) is 0 Å². The van der Waals surface area contributed by atoms with Gasteiger partial charge in [-0.25, -0.2) is 0 Å². The van der Waals surface area contributed by atoms with Gasteiger partial charge in [-0.2, -0.15) is 0 Å². The van der Waals surface area contributed by atoms with Crippen LogP contribution in [0, 0.1) is 4.51 Å². The van der Waals surface area contributed by atoms with Crippen LogP contribution in [0.1, 0.15) is 44.8 Å². The van der Waals surface area contributed by atoms with Crippen LogP contribution in [-0.2, 0) is 6.42 Å². The molecule has 0 amide bonds. The van der Waals surface area contributed by atoms with Gasteiger partial charge in [0.2, 0.25) is 0 Å². The Labute approximate surface area is 114 Å². The van der Waals surface area contributed by atoms with Gasteiger partial charge in [-0.15, -0.1) is 0 Å². The number of hydrogen-bond acceptors (Lipinski definition) is 2. The quantitative estimate of drug-likeness (QED) is 0.490. The van der Waals surface area contributed by atoms with Crippen molar-refractivity contribution in [1.82, 2.24) is 0 Å². The van der Waals surface area contributed by atoms with Crippen LogP contribution < -0.4 is 0 Å². The minimum Gasteiger partial charge on any atom is -0.461 e. The van der Waals surface area contributed by atoms with Crippen molar-refractivity contribution >= 4 is 23.2 Å². The number of unbranched alkanes of at least 4 members (excludes halogenated alkanes) is 4. The van der Waals surface area contributed by atoms with Gasteiger partial charge in [-0.05, 0) is 24.6 Å². The number of benzene rings is 1. The van der Waals surface area contributed by atoms with Crippen molar-refractivity contribution in [1.29, 1.82) is 0 Å². The van der Waals surface area contributed by atoms with Crippen LogP contribution in [0.5, 0.6) is 0 Å². The third kappa shape index (κ3) is 3.42. The third-order valence-electron chi connectivity index (χ3n) is 3.21. The van der Waals surface area contributed by atoms with Gasteiger partial charge in [0.15, 0.2) is 0 Å². The number of aryl methyl sites for hydroxylation is 1. The van der Waals surface area contributed by atoms with E-state index in [1.54, 1.807) is 0 Å². The highest BCUT2D eigenvalue weighted by molar-refractivity contribution is 7.71. The van der Waals surface area contributed by atoms with Crippen LogP contribution in [-0.4, -0.2) is 0 Å². The summed E-state index contributed by atoms with van der Waals surface area (Å²) in [4.78, 5) is 0. The zero-order valence-electron chi connectivity index (χ0n) is 10.9. The Morgan fingerprint density at radius 2 is 1.83 bits per heavy atom. The topological polar surface area (TPSA) is 13.1 Å². The molecule has 0 spiro atoms. The van der Waals surface area contributed by atoms with Gasteiger partial charge < -0.3 is 4.42 Å². The molecule has 96 valence electrons. The van der Waals surface area contributed by atoms with Crippen LogP contribution in [0.15, 0.2) is 34.7 Å². The molecular weight excluding hydrogens is 240 g/mol. The van der Waals surface area contributed by atoms with Gasteiger partial charge in [-0.3, -0.25) is 0 Å². The van der Waals surface area contributed by atoms with E-state index in [9.17, 15) is 0 Å². The van der Waals surface area contributed by atoms with Crippen LogP contribution in [0.3, 0.4) is 0 Å². The monoisotopic (exact) mass is 260 g/mol. The highest BCUT2D eigenvalue weighted by Gasteiger charge is 2.01. The molecule has 1 aromatic carbocycles. The number of para-hydroxylation sites is 1. The average molecular weight is 260 g/mol. The maximum atomic E-state index is 5.88. The second kappa shape index (κ2) is 6.69. The van der Waals surface area contributed by atoms with Crippen molar-refractivity contribution in [2.75, 3.05) is 0 Å². The summed E-state index contributed by atoms with van der Waals surface area (Å²) in [6.07, 6.45) is 7.42. The molecule has 0 atom stereocenters. The Hall–Kier alpha value is -1.15. The number of hydrogen-bond donors (Lipinski definition) is 0. The van der Waals surface area contributed by atoms with E-state index >= 15 is 0 Å². The zero-order valence-corrected chi connectivity index (χ0v) is 11.8. The van der Waals surface area contributed by atoms with Gasteiger partial charge in [0.25, 0.3) is 0 Å². The highest BCUT2D eigenvalue weighted by atomic mass is 32.1. The molecule has 18 heavy (non-hydrogen) atoms. The van der Waals surface area contributed by atoms with Crippen LogP contribution in [0.2, 0.25) is 0 Å². The summed E-state index contributed by atoms with van der Waals surface area (Å²) in [6.45, 7) is 2.24. The molecule has 0 bridgehead atoms. The van der Waals surface area contributed by atoms with Crippen molar-refractivity contribution in [3.05, 3.63) is 40.6 Å². The average Bonchev–Trinajstić information content (AvgIpc) is 2.39. The van der Waals surface area contributed by atoms with E-state index in [4.69, 9.17) is 16.6 Å². The van der Waals surface area contributed by atoms with Gasteiger partial charge in [0.05, 0.1) is 4.51 Å². The SMILES string of the molecule is CCCCCCCc1cc(=S)c2ccccc2o1. The molecule has 1 aromatic heterocycles. The Bertz CT molecular complexity index is 556. The lowest BCUT2D eigenvalue weighted by Crippen LogP contribution is -1.87. The molecule has 0 fully saturated rings. The lowest BCUT2D eigenvalue weighted by molar-refractivity contribution is 0.514. The molecule has 0 aliphatic rings. The van der Waals surface area contributed by atoms with Gasteiger partial charge >= 0.3 is 0 Å². The fourth-order valence-corrected chi connectivity index (χ4v) is 2.48. The lowest BCUT2D eigenvalue weighted by atomic mass is 10.1. The molecule has 0 saturated heterocycles. The molecule has 0 saturated carbocycles. The Kier molecular flexibility index (Phi) is 4.94. The van der Waals surface area contributed by atoms with Crippen LogP contribution in [0.25, 0.3) is 11.0 Å². The molecule has 0 unspecified atom stereocenters. The largest absolute Gasteiger partial charge is 0.461 e. The Balaban J connectivity index is 2.03. The minimum absolute atomic E-state index is 0.903. The van der Waals surface area contributed by atoms with E-state index in [-0.39, 0.29) is 0 Å². The van der Waals surface area contributed by atoms with Crippen LogP contribution >= 0.6 is 12.2 Å². The van der Waals surface area contributed by atoms with Crippen molar-refractivity contribution in [3.63, 3.8) is 0 Å². The first kappa shape index (κ1) is 13.3. The van der Waals surface area contributed by atoms with E-state index in [0.717, 1.165) is 27.7 Å². The smallest absolute Gasteiger partial charge is 0.135 e. The summed E-state index contributed by atoms with van der Waals surface area (Å²) in [7, 11) is 0. The van der Waals surface area contributed by atoms with E-state index in [2.05, 4.69) is 6.92 Å². The maximum Gasteiger partial charge on any atom is 0.135 e.